The Kier molecular flexibility index (Phi) is 10.9. The molecule has 1 saturated heterocycles. The first kappa shape index (κ1) is 32.6. The number of carbonyl (C=O) groups is 1. The largest absolute Gasteiger partial charge is 0.460 e. The number of hydrogen-bond donors (Lipinski definition) is 2. The average Bonchev–Trinajstić information content (AvgIpc) is 2.88. The summed E-state index contributed by atoms with van der Waals surface area (Å²) in [5, 5.41) is 12.9. The fourth-order valence-electron chi connectivity index (χ4n) is 4.58. The summed E-state index contributed by atoms with van der Waals surface area (Å²) < 4.78 is 43.9. The lowest BCUT2D eigenvalue weighted by atomic mass is 9.82. The van der Waals surface area contributed by atoms with Gasteiger partial charge >= 0.3 is 5.97 Å². The molecule has 0 aliphatic carbocycles. The Balaban J connectivity index is 1.86. The van der Waals surface area contributed by atoms with Crippen LogP contribution in [0.15, 0.2) is 64.4 Å². The first-order chi connectivity index (χ1) is 18.6. The Bertz CT molecular complexity index is 1210. The summed E-state index contributed by atoms with van der Waals surface area (Å²) in [7, 11) is -3.94. The van der Waals surface area contributed by atoms with E-state index in [1.165, 1.54) is 12.1 Å². The maximum absolute atomic E-state index is 13.0. The van der Waals surface area contributed by atoms with Gasteiger partial charge in [-0.05, 0) is 70.7 Å². The van der Waals surface area contributed by atoms with E-state index < -0.39 is 38.7 Å². The van der Waals surface area contributed by atoms with E-state index in [1.807, 2.05) is 58.0 Å². The molecular formula is C30H43NO7S2. The molecule has 8 nitrogen and oxygen atoms in total. The first-order valence-corrected chi connectivity index (χ1v) is 15.8. The van der Waals surface area contributed by atoms with Crippen molar-refractivity contribution < 1.29 is 32.0 Å². The Morgan fingerprint density at radius 1 is 1.15 bits per heavy atom. The normalized spacial score (nSPS) is 25.2. The van der Waals surface area contributed by atoms with Gasteiger partial charge in [0.25, 0.3) is 10.1 Å². The van der Waals surface area contributed by atoms with E-state index in [-0.39, 0.29) is 36.0 Å². The molecule has 0 aromatic heterocycles. The molecule has 1 unspecified atom stereocenters. The fraction of sp³-hybridized carbons (Fsp3) is 0.567. The van der Waals surface area contributed by atoms with Crippen molar-refractivity contribution >= 4 is 27.8 Å². The second-order valence-electron chi connectivity index (χ2n) is 11.8. The van der Waals surface area contributed by atoms with E-state index in [2.05, 4.69) is 5.32 Å². The Morgan fingerprint density at radius 3 is 2.35 bits per heavy atom. The monoisotopic (exact) mass is 593 g/mol. The van der Waals surface area contributed by atoms with Crippen molar-refractivity contribution in [1.82, 2.24) is 5.32 Å². The Labute approximate surface area is 243 Å². The topological polar surface area (TPSA) is 111 Å². The number of hydrogen-bond acceptors (Lipinski definition) is 9. The number of benzene rings is 2. The molecule has 1 heterocycles. The minimum atomic E-state index is -3.94. The summed E-state index contributed by atoms with van der Waals surface area (Å²) in [4.78, 5) is 13.3. The van der Waals surface area contributed by atoms with Gasteiger partial charge in [-0.1, -0.05) is 61.5 Å². The van der Waals surface area contributed by atoms with Crippen molar-refractivity contribution in [2.24, 2.45) is 17.3 Å². The second-order valence-corrected chi connectivity index (χ2v) is 15.0. The summed E-state index contributed by atoms with van der Waals surface area (Å²) >= 11 is 1.54. The van der Waals surface area contributed by atoms with E-state index in [1.54, 1.807) is 44.7 Å². The van der Waals surface area contributed by atoms with Crippen LogP contribution in [0.2, 0.25) is 0 Å². The van der Waals surface area contributed by atoms with Gasteiger partial charge < -0.3 is 14.6 Å². The second kappa shape index (κ2) is 13.4. The molecule has 0 saturated carbocycles. The quantitative estimate of drug-likeness (QED) is 0.208. The number of rotatable bonds is 11. The summed E-state index contributed by atoms with van der Waals surface area (Å²) in [5.41, 5.74) is 0.244. The van der Waals surface area contributed by atoms with Crippen molar-refractivity contribution in [3.8, 4) is 0 Å². The van der Waals surface area contributed by atoms with Gasteiger partial charge in [0.15, 0.2) is 0 Å². The van der Waals surface area contributed by atoms with E-state index in [9.17, 15) is 18.3 Å². The highest BCUT2D eigenvalue weighted by molar-refractivity contribution is 8.00. The summed E-state index contributed by atoms with van der Waals surface area (Å²) in [6, 6.07) is 15.9. The zero-order valence-corrected chi connectivity index (χ0v) is 26.1. The number of esters is 1. The summed E-state index contributed by atoms with van der Waals surface area (Å²) in [6.45, 7) is 12.7. The molecule has 3 rings (SSSR count). The van der Waals surface area contributed by atoms with Gasteiger partial charge in [-0.3, -0.25) is 14.3 Å². The molecule has 0 bridgehead atoms. The van der Waals surface area contributed by atoms with E-state index in [4.69, 9.17) is 13.7 Å². The fourth-order valence-corrected chi connectivity index (χ4v) is 6.78. The van der Waals surface area contributed by atoms with Crippen molar-refractivity contribution in [3.63, 3.8) is 0 Å². The van der Waals surface area contributed by atoms with E-state index in [0.29, 0.717) is 6.42 Å². The molecule has 40 heavy (non-hydrogen) atoms. The van der Waals surface area contributed by atoms with Crippen molar-refractivity contribution in [2.45, 2.75) is 87.9 Å². The first-order valence-electron chi connectivity index (χ1n) is 13.6. The maximum atomic E-state index is 13.0. The molecule has 0 radical (unpaired) electrons. The smallest absolute Gasteiger partial charge is 0.311 e. The third-order valence-electron chi connectivity index (χ3n) is 7.20. The highest BCUT2D eigenvalue weighted by atomic mass is 32.2. The van der Waals surface area contributed by atoms with Crippen LogP contribution in [0.25, 0.3) is 0 Å². The minimum absolute atomic E-state index is 0.0575. The lowest BCUT2D eigenvalue weighted by molar-refractivity contribution is -0.188. The molecule has 6 atom stereocenters. The highest BCUT2D eigenvalue weighted by Crippen LogP contribution is 2.45. The SMILES string of the molecule is Cc1ccc(S(=O)(=O)OC[C@@H](C)[C@@H](C)C2O[C@@](C)(Sc3ccccc3)C[C@@H](OC(=O)C(C)(C)C)[C@H]2NCO)cc1. The zero-order valence-electron chi connectivity index (χ0n) is 24.4. The van der Waals surface area contributed by atoms with Gasteiger partial charge in [0, 0.05) is 11.3 Å². The van der Waals surface area contributed by atoms with Crippen molar-refractivity contribution in [2.75, 3.05) is 13.3 Å². The molecule has 2 aromatic carbocycles. The average molecular weight is 594 g/mol. The number of aliphatic hydroxyl groups is 1. The van der Waals surface area contributed by atoms with Gasteiger partial charge in [0.1, 0.15) is 11.0 Å². The van der Waals surface area contributed by atoms with E-state index >= 15 is 0 Å². The van der Waals surface area contributed by atoms with Gasteiger partial charge in [0.2, 0.25) is 0 Å². The number of thioether (sulfide) groups is 1. The summed E-state index contributed by atoms with van der Waals surface area (Å²) in [5.74, 6) is -0.830. The lowest BCUT2D eigenvalue weighted by Gasteiger charge is -2.49. The number of carbonyl (C=O) groups excluding carboxylic acids is 1. The van der Waals surface area contributed by atoms with Crippen LogP contribution in [0.5, 0.6) is 0 Å². The third kappa shape index (κ3) is 8.53. The number of aryl methyl sites for hydroxylation is 1. The van der Waals surface area contributed by atoms with Crippen LogP contribution in [-0.4, -0.2) is 56.0 Å². The molecule has 1 aliphatic heterocycles. The van der Waals surface area contributed by atoms with Gasteiger partial charge in [-0.2, -0.15) is 8.42 Å². The minimum Gasteiger partial charge on any atom is -0.460 e. The standard InChI is InChI=1S/C30H43NO7S2/c1-20-13-15-24(16-14-20)40(34,35)36-18-21(2)22(3)27-26(31-19-32)25(37-28(33)29(4,5)6)17-30(7,38-27)39-23-11-9-8-10-12-23/h8-16,21-22,25-27,31-32H,17-19H2,1-7H3/t21-,22-,25-,26-,27?,30+/m1/s1. The molecule has 10 heteroatoms. The molecule has 222 valence electrons. The predicted molar refractivity (Wildman–Crippen MR) is 156 cm³/mol. The van der Waals surface area contributed by atoms with Crippen LogP contribution in [0.1, 0.15) is 53.5 Å². The van der Waals surface area contributed by atoms with Crippen molar-refractivity contribution in [3.05, 3.63) is 60.2 Å². The lowest BCUT2D eigenvalue weighted by Crippen LogP contribution is -2.62. The Hall–Kier alpha value is -1.95. The molecule has 2 aromatic rings. The molecule has 2 N–H and O–H groups in total. The molecule has 0 spiro atoms. The van der Waals surface area contributed by atoms with E-state index in [0.717, 1.165) is 10.5 Å². The van der Waals surface area contributed by atoms with Crippen molar-refractivity contribution in [1.29, 1.82) is 0 Å². The third-order valence-corrected chi connectivity index (χ3v) is 9.70. The van der Waals surface area contributed by atoms with Crippen LogP contribution in [0, 0.1) is 24.2 Å². The molecule has 1 fully saturated rings. The molecule has 1 aliphatic rings. The number of aliphatic hydroxyl groups excluding tert-OH is 1. The predicted octanol–water partition coefficient (Wildman–Crippen LogP) is 5.14. The zero-order chi connectivity index (χ0) is 29.7. The van der Waals surface area contributed by atoms with Crippen LogP contribution in [0.4, 0.5) is 0 Å². The van der Waals surface area contributed by atoms with Crippen LogP contribution >= 0.6 is 11.8 Å². The number of ether oxygens (including phenoxy) is 2. The summed E-state index contributed by atoms with van der Waals surface area (Å²) in [6.07, 6.45) is -0.728. The maximum Gasteiger partial charge on any atom is 0.311 e. The molecule has 0 amide bonds. The Morgan fingerprint density at radius 2 is 1.77 bits per heavy atom. The molecular weight excluding hydrogens is 550 g/mol. The van der Waals surface area contributed by atoms with Gasteiger partial charge in [-0.25, -0.2) is 0 Å². The van der Waals surface area contributed by atoms with Crippen LogP contribution in [-0.2, 0) is 28.6 Å². The highest BCUT2D eigenvalue weighted by Gasteiger charge is 2.50. The number of nitrogens with one attached hydrogen (secondary N) is 1. The van der Waals surface area contributed by atoms with Crippen LogP contribution in [0.3, 0.4) is 0 Å². The van der Waals surface area contributed by atoms with Crippen LogP contribution < -0.4 is 5.32 Å². The van der Waals surface area contributed by atoms with Gasteiger partial charge in [-0.15, -0.1) is 0 Å². The van der Waals surface area contributed by atoms with Gasteiger partial charge in [0.05, 0.1) is 35.8 Å².